The molecule has 1 aliphatic heterocycles. The molecule has 1 saturated heterocycles. The number of fused-ring (bicyclic) bond motifs is 2. The molecule has 0 amide bonds. The van der Waals surface area contributed by atoms with Gasteiger partial charge in [-0.05, 0) is 19.4 Å². The van der Waals surface area contributed by atoms with E-state index in [-0.39, 0.29) is 23.0 Å². The second kappa shape index (κ2) is 7.76. The van der Waals surface area contributed by atoms with Gasteiger partial charge in [0.15, 0.2) is 0 Å². The number of alkyl halides is 1. The van der Waals surface area contributed by atoms with Crippen molar-refractivity contribution in [3.8, 4) is 0 Å². The monoisotopic (exact) mass is 420 g/mol. The van der Waals surface area contributed by atoms with E-state index in [0.717, 1.165) is 25.7 Å². The average molecular weight is 421 g/mol. The van der Waals surface area contributed by atoms with Crippen LogP contribution < -0.4 is 15.6 Å². The van der Waals surface area contributed by atoms with E-state index in [1.807, 2.05) is 7.05 Å². The molecule has 0 saturated carbocycles. The first-order chi connectivity index (χ1) is 14.0. The zero-order valence-corrected chi connectivity index (χ0v) is 16.7. The Morgan fingerprint density at radius 2 is 2.24 bits per heavy atom. The van der Waals surface area contributed by atoms with Crippen molar-refractivity contribution in [3.63, 3.8) is 0 Å². The van der Waals surface area contributed by atoms with Crippen molar-refractivity contribution in [1.82, 2.24) is 14.9 Å². The molecule has 0 aromatic carbocycles. The van der Waals surface area contributed by atoms with E-state index >= 15 is 0 Å². The number of nitrogens with one attached hydrogen (secondary N) is 1. The van der Waals surface area contributed by atoms with Crippen molar-refractivity contribution in [1.29, 1.82) is 0 Å². The first kappa shape index (κ1) is 19.8. The van der Waals surface area contributed by atoms with Gasteiger partial charge in [-0.1, -0.05) is 23.8 Å². The summed E-state index contributed by atoms with van der Waals surface area (Å²) >= 11 is 6.67. The summed E-state index contributed by atoms with van der Waals surface area (Å²) in [6, 6.07) is 0.279. The summed E-state index contributed by atoms with van der Waals surface area (Å²) in [6.07, 6.45) is 7.88. The van der Waals surface area contributed by atoms with E-state index in [9.17, 15) is 19.1 Å². The lowest BCUT2D eigenvalue weighted by atomic mass is 9.82. The molecule has 3 atom stereocenters. The number of anilines is 1. The Hall–Kier alpha value is -2.45. The third kappa shape index (κ3) is 3.30. The Balaban J connectivity index is 1.81. The van der Waals surface area contributed by atoms with Gasteiger partial charge in [0.2, 0.25) is 5.43 Å². The van der Waals surface area contributed by atoms with Crippen LogP contribution in [0.25, 0.3) is 10.9 Å². The first-order valence-electron chi connectivity index (χ1n) is 9.56. The fourth-order valence-electron chi connectivity index (χ4n) is 4.56. The van der Waals surface area contributed by atoms with Crippen LogP contribution in [0.4, 0.5) is 10.2 Å². The van der Waals surface area contributed by atoms with Gasteiger partial charge >= 0.3 is 5.97 Å². The van der Waals surface area contributed by atoms with Crippen LogP contribution in [0.15, 0.2) is 29.3 Å². The van der Waals surface area contributed by atoms with E-state index in [2.05, 4.69) is 27.4 Å². The minimum Gasteiger partial charge on any atom is -0.477 e. The quantitative estimate of drug-likeness (QED) is 0.722. The van der Waals surface area contributed by atoms with Crippen molar-refractivity contribution < 1.29 is 14.3 Å². The number of pyridine rings is 2. The van der Waals surface area contributed by atoms with E-state index in [4.69, 9.17) is 11.6 Å². The molecule has 2 aliphatic rings. The Kier molecular flexibility index (Phi) is 5.31. The number of halogens is 2. The number of carboxylic acids is 1. The molecule has 1 fully saturated rings. The van der Waals surface area contributed by atoms with Crippen LogP contribution in [0.5, 0.6) is 0 Å². The normalized spacial score (nSPS) is 23.6. The van der Waals surface area contributed by atoms with Crippen LogP contribution in [0.2, 0.25) is 5.02 Å². The second-order valence-corrected chi connectivity index (χ2v) is 7.90. The highest BCUT2D eigenvalue weighted by Gasteiger charge is 2.39. The summed E-state index contributed by atoms with van der Waals surface area (Å²) in [7, 11) is 1.94. The van der Waals surface area contributed by atoms with Crippen LogP contribution in [0.1, 0.15) is 16.8 Å². The fourth-order valence-corrected chi connectivity index (χ4v) is 4.94. The van der Waals surface area contributed by atoms with E-state index in [1.165, 1.54) is 10.8 Å². The highest BCUT2D eigenvalue weighted by Crippen LogP contribution is 2.39. The number of hydrogen-bond donors (Lipinski definition) is 2. The van der Waals surface area contributed by atoms with Gasteiger partial charge in [-0.25, -0.2) is 14.2 Å². The van der Waals surface area contributed by atoms with Gasteiger partial charge in [0.1, 0.15) is 23.1 Å². The van der Waals surface area contributed by atoms with Crippen molar-refractivity contribution in [2.75, 3.05) is 31.7 Å². The molecule has 29 heavy (non-hydrogen) atoms. The average Bonchev–Trinajstić information content (AvgIpc) is 3.14. The maximum absolute atomic E-state index is 13.1. The van der Waals surface area contributed by atoms with Crippen molar-refractivity contribution in [2.24, 2.45) is 11.8 Å². The molecule has 0 radical (unpaired) electrons. The molecular weight excluding hydrogens is 399 g/mol. The smallest absolute Gasteiger partial charge is 0.341 e. The van der Waals surface area contributed by atoms with Crippen molar-refractivity contribution in [2.45, 2.75) is 19.0 Å². The van der Waals surface area contributed by atoms with E-state index in [1.54, 1.807) is 0 Å². The van der Waals surface area contributed by atoms with Crippen molar-refractivity contribution in [3.05, 3.63) is 45.4 Å². The number of rotatable bonds is 5. The first-order valence-corrected chi connectivity index (χ1v) is 9.93. The van der Waals surface area contributed by atoms with Crippen LogP contribution >= 0.6 is 11.6 Å². The number of carboxylic acid groups (broad SMARTS) is 1. The van der Waals surface area contributed by atoms with Crippen LogP contribution in [-0.4, -0.2) is 53.5 Å². The topological polar surface area (TPSA) is 87.5 Å². The Morgan fingerprint density at radius 3 is 2.93 bits per heavy atom. The number of aryl methyl sites for hydroxylation is 1. The maximum Gasteiger partial charge on any atom is 0.341 e. The summed E-state index contributed by atoms with van der Waals surface area (Å²) in [5, 5.41) is 13.0. The number of likely N-dealkylation sites (N-methyl/N-ethyl adjacent to an activating group) is 1. The number of aromatic nitrogens is 2. The highest BCUT2D eigenvalue weighted by atomic mass is 35.5. The largest absolute Gasteiger partial charge is 0.477 e. The summed E-state index contributed by atoms with van der Waals surface area (Å²) in [4.78, 5) is 30.5. The van der Waals surface area contributed by atoms with Gasteiger partial charge in [-0.3, -0.25) is 4.79 Å². The number of allylic oxidation sites excluding steroid dienone is 1. The van der Waals surface area contributed by atoms with Gasteiger partial charge in [-0.2, -0.15) is 0 Å². The van der Waals surface area contributed by atoms with Crippen LogP contribution in [0.3, 0.4) is 0 Å². The number of carbonyl (C=O) groups is 1. The van der Waals surface area contributed by atoms with Crippen molar-refractivity contribution >= 4 is 34.3 Å². The fraction of sp³-hybridized carbons (Fsp3) is 0.450. The standard InChI is InChI=1S/C20H22ClFN4O3/c1-23-15-4-2-3-11-8-26(9-13(11)15)19-16(21)17-12(7-24-19)18(27)14(20(28)29)10-25(17)6-5-22/h2,4,7,10-11,13,15,23H,3,5-6,8-9H2,1H3,(H,28,29)/t11-,13+,15-/m0/s1. The molecule has 9 heteroatoms. The Bertz CT molecular complexity index is 1050. The summed E-state index contributed by atoms with van der Waals surface area (Å²) in [5.74, 6) is 0.0619. The Labute approximate surface area is 171 Å². The molecule has 1 aliphatic carbocycles. The molecule has 0 unspecified atom stereocenters. The van der Waals surface area contributed by atoms with Gasteiger partial charge in [0, 0.05) is 37.4 Å². The predicted octanol–water partition coefficient (Wildman–Crippen LogP) is 2.32. The number of hydrogen-bond acceptors (Lipinski definition) is 5. The molecule has 0 bridgehead atoms. The minimum atomic E-state index is -1.36. The molecular formula is C20H22ClFN4O3. The maximum atomic E-state index is 13.1. The summed E-state index contributed by atoms with van der Waals surface area (Å²) in [6.45, 7) is 0.733. The van der Waals surface area contributed by atoms with Gasteiger partial charge in [0.25, 0.3) is 0 Å². The molecule has 0 spiro atoms. The predicted molar refractivity (Wildman–Crippen MR) is 110 cm³/mol. The van der Waals surface area contributed by atoms with Crippen LogP contribution in [-0.2, 0) is 6.54 Å². The molecule has 2 aromatic heterocycles. The van der Waals surface area contributed by atoms with Gasteiger partial charge in [0.05, 0.1) is 17.4 Å². The molecule has 2 N–H and O–H groups in total. The third-order valence-electron chi connectivity index (χ3n) is 5.96. The SMILES string of the molecule is CN[C@H]1C=CC[C@H]2CN(c3ncc4c(=O)c(C(=O)O)cn(CCF)c4c3Cl)C[C@H]21. The third-order valence-corrected chi connectivity index (χ3v) is 6.31. The summed E-state index contributed by atoms with van der Waals surface area (Å²) in [5.41, 5.74) is -0.771. The second-order valence-electron chi connectivity index (χ2n) is 7.52. The lowest BCUT2D eigenvalue weighted by Crippen LogP contribution is -2.38. The van der Waals surface area contributed by atoms with E-state index in [0.29, 0.717) is 23.2 Å². The number of nitrogens with zero attached hydrogens (tertiary/aromatic N) is 3. The number of aromatic carboxylic acids is 1. The molecule has 154 valence electrons. The van der Waals surface area contributed by atoms with Crippen LogP contribution in [0, 0.1) is 11.8 Å². The zero-order valence-electron chi connectivity index (χ0n) is 15.9. The van der Waals surface area contributed by atoms with Gasteiger partial charge in [-0.15, -0.1) is 0 Å². The van der Waals surface area contributed by atoms with E-state index < -0.39 is 23.6 Å². The molecule has 7 nitrogen and oxygen atoms in total. The summed E-state index contributed by atoms with van der Waals surface area (Å²) < 4.78 is 14.5. The lowest BCUT2D eigenvalue weighted by molar-refractivity contribution is 0.0694. The van der Waals surface area contributed by atoms with Gasteiger partial charge < -0.3 is 19.9 Å². The molecule has 3 heterocycles. The Morgan fingerprint density at radius 1 is 1.45 bits per heavy atom. The molecule has 2 aromatic rings. The molecule has 4 rings (SSSR count). The minimum absolute atomic E-state index is 0.0819. The lowest BCUT2D eigenvalue weighted by Gasteiger charge is -2.28. The highest BCUT2D eigenvalue weighted by molar-refractivity contribution is 6.37. The zero-order chi connectivity index (χ0) is 20.7.